The third-order valence-electron chi connectivity index (χ3n) is 1.21. The number of nitrogens with zero attached hydrogens (tertiary/aromatic N) is 3. The standard InChI is InChI=1S/C5H6N4O4S2/c1-2(3(10)11)7-4-8-9-5(14-4)15(6,12)13/h1H3,(H,10,11)(H2,6,12,13). The summed E-state index contributed by atoms with van der Waals surface area (Å²) in [6, 6.07) is 0. The van der Waals surface area contributed by atoms with Crippen molar-refractivity contribution in [3.63, 3.8) is 0 Å². The molecular formula is C5H6N4O4S2. The first kappa shape index (κ1) is 11.7. The maximum atomic E-state index is 10.8. The first-order chi connectivity index (χ1) is 6.80. The van der Waals surface area contributed by atoms with Gasteiger partial charge in [-0.25, -0.2) is 23.3 Å². The van der Waals surface area contributed by atoms with Crippen molar-refractivity contribution < 1.29 is 18.3 Å². The maximum Gasteiger partial charge on any atom is 0.350 e. The highest BCUT2D eigenvalue weighted by atomic mass is 32.2. The highest BCUT2D eigenvalue weighted by Gasteiger charge is 2.15. The van der Waals surface area contributed by atoms with Crippen LogP contribution in [0.1, 0.15) is 6.92 Å². The number of aliphatic imine (C=N–C) groups is 1. The number of nitrogens with two attached hydrogens (primary N) is 1. The summed E-state index contributed by atoms with van der Waals surface area (Å²) in [5, 5.41) is 19.8. The van der Waals surface area contributed by atoms with Crippen LogP contribution in [0.5, 0.6) is 0 Å². The summed E-state index contributed by atoms with van der Waals surface area (Å²) in [4.78, 5) is 13.9. The molecule has 1 rings (SSSR count). The van der Waals surface area contributed by atoms with Gasteiger partial charge in [0, 0.05) is 0 Å². The smallest absolute Gasteiger partial charge is 0.350 e. The molecule has 0 aliphatic heterocycles. The van der Waals surface area contributed by atoms with Crippen LogP contribution in [-0.4, -0.2) is 35.4 Å². The fourth-order valence-electron chi connectivity index (χ4n) is 0.554. The number of aliphatic carboxylic acids is 1. The van der Waals surface area contributed by atoms with E-state index in [-0.39, 0.29) is 10.8 Å². The van der Waals surface area contributed by atoms with Gasteiger partial charge in [0.25, 0.3) is 10.0 Å². The van der Waals surface area contributed by atoms with E-state index < -0.39 is 20.3 Å². The van der Waals surface area contributed by atoms with Crippen LogP contribution in [0.4, 0.5) is 5.13 Å². The summed E-state index contributed by atoms with van der Waals surface area (Å²) in [5.74, 6) is -1.22. The van der Waals surface area contributed by atoms with Crippen LogP contribution in [0.25, 0.3) is 0 Å². The van der Waals surface area contributed by atoms with Crippen LogP contribution in [0.15, 0.2) is 9.33 Å². The van der Waals surface area contributed by atoms with Gasteiger partial charge in [-0.05, 0) is 6.92 Å². The van der Waals surface area contributed by atoms with Gasteiger partial charge in [0.05, 0.1) is 0 Å². The third kappa shape index (κ3) is 3.04. The molecule has 0 unspecified atom stereocenters. The number of hydrogen-bond donors (Lipinski definition) is 2. The summed E-state index contributed by atoms with van der Waals surface area (Å²) in [6.45, 7) is 1.25. The maximum absolute atomic E-state index is 10.8. The molecule has 15 heavy (non-hydrogen) atoms. The number of primary sulfonamides is 1. The average Bonchev–Trinajstić information content (AvgIpc) is 2.51. The second-order valence-electron chi connectivity index (χ2n) is 2.40. The molecule has 0 spiro atoms. The largest absolute Gasteiger partial charge is 0.477 e. The van der Waals surface area contributed by atoms with Crippen molar-refractivity contribution in [2.24, 2.45) is 10.1 Å². The normalized spacial score (nSPS) is 12.8. The van der Waals surface area contributed by atoms with Crippen LogP contribution >= 0.6 is 11.3 Å². The minimum Gasteiger partial charge on any atom is -0.477 e. The summed E-state index contributed by atoms with van der Waals surface area (Å²) >= 11 is 0.600. The fraction of sp³-hybridized carbons (Fsp3) is 0.200. The van der Waals surface area contributed by atoms with Gasteiger partial charge in [-0.2, -0.15) is 0 Å². The van der Waals surface area contributed by atoms with E-state index >= 15 is 0 Å². The number of rotatable bonds is 3. The van der Waals surface area contributed by atoms with E-state index in [0.717, 1.165) is 0 Å². The molecule has 0 bridgehead atoms. The first-order valence-electron chi connectivity index (χ1n) is 3.45. The molecule has 0 saturated heterocycles. The van der Waals surface area contributed by atoms with Gasteiger partial charge in [-0.15, -0.1) is 10.2 Å². The van der Waals surface area contributed by atoms with E-state index in [1.54, 1.807) is 0 Å². The minimum atomic E-state index is -3.91. The Kier molecular flexibility index (Phi) is 3.12. The Morgan fingerprint density at radius 3 is 2.53 bits per heavy atom. The Bertz CT molecular complexity index is 517. The molecule has 0 atom stereocenters. The number of aromatic nitrogens is 2. The van der Waals surface area contributed by atoms with Crippen LogP contribution in [0.2, 0.25) is 0 Å². The summed E-state index contributed by atoms with van der Waals surface area (Å²) in [5.41, 5.74) is -0.216. The monoisotopic (exact) mass is 250 g/mol. The van der Waals surface area contributed by atoms with Gasteiger partial charge in [0.1, 0.15) is 5.71 Å². The molecule has 0 aliphatic rings. The zero-order valence-corrected chi connectivity index (χ0v) is 9.04. The van der Waals surface area contributed by atoms with Gasteiger partial charge >= 0.3 is 5.97 Å². The van der Waals surface area contributed by atoms with Crippen molar-refractivity contribution in [3.05, 3.63) is 0 Å². The van der Waals surface area contributed by atoms with Crippen molar-refractivity contribution in [1.29, 1.82) is 0 Å². The van der Waals surface area contributed by atoms with Crippen LogP contribution in [-0.2, 0) is 14.8 Å². The second kappa shape index (κ2) is 4.00. The molecule has 10 heteroatoms. The number of sulfonamides is 1. The fourth-order valence-corrected chi connectivity index (χ4v) is 1.90. The van der Waals surface area contributed by atoms with Crippen LogP contribution in [0.3, 0.4) is 0 Å². The molecule has 0 fully saturated rings. The van der Waals surface area contributed by atoms with E-state index in [4.69, 9.17) is 10.2 Å². The van der Waals surface area contributed by atoms with E-state index in [0.29, 0.717) is 11.3 Å². The minimum absolute atomic E-state index is 0.0704. The zero-order valence-electron chi connectivity index (χ0n) is 7.41. The molecule has 82 valence electrons. The number of carboxylic acid groups (broad SMARTS) is 1. The van der Waals surface area contributed by atoms with E-state index in [2.05, 4.69) is 15.2 Å². The lowest BCUT2D eigenvalue weighted by atomic mass is 10.4. The van der Waals surface area contributed by atoms with Crippen molar-refractivity contribution in [1.82, 2.24) is 10.2 Å². The predicted molar refractivity (Wildman–Crippen MR) is 51.7 cm³/mol. The highest BCUT2D eigenvalue weighted by molar-refractivity contribution is 7.91. The Labute approximate surface area is 88.5 Å². The predicted octanol–water partition coefficient (Wildman–Crippen LogP) is -0.638. The van der Waals surface area contributed by atoms with Gasteiger partial charge in [0.2, 0.25) is 9.47 Å². The van der Waals surface area contributed by atoms with Gasteiger partial charge < -0.3 is 5.11 Å². The summed E-state index contributed by atoms with van der Waals surface area (Å²) in [7, 11) is -3.91. The van der Waals surface area contributed by atoms with Crippen molar-refractivity contribution in [2.75, 3.05) is 0 Å². The molecule has 0 aliphatic carbocycles. The number of hydrogen-bond acceptors (Lipinski definition) is 7. The molecule has 1 aromatic heterocycles. The SMILES string of the molecule is CC(=Nc1nnc(S(N)(=O)=O)s1)C(=O)O. The lowest BCUT2D eigenvalue weighted by Crippen LogP contribution is -2.11. The van der Waals surface area contributed by atoms with E-state index in [1.807, 2.05) is 0 Å². The molecule has 1 aromatic rings. The zero-order chi connectivity index (χ0) is 11.6. The van der Waals surface area contributed by atoms with Crippen LogP contribution < -0.4 is 5.14 Å². The van der Waals surface area contributed by atoms with E-state index in [1.165, 1.54) is 6.92 Å². The lowest BCUT2D eigenvalue weighted by Gasteiger charge is -1.87. The molecule has 0 amide bonds. The molecule has 1 heterocycles. The molecule has 0 radical (unpaired) electrons. The summed E-state index contributed by atoms with van der Waals surface area (Å²) < 4.78 is 21.2. The Hall–Kier alpha value is -1.39. The first-order valence-corrected chi connectivity index (χ1v) is 5.82. The Morgan fingerprint density at radius 2 is 2.13 bits per heavy atom. The molecule has 8 nitrogen and oxygen atoms in total. The number of carboxylic acids is 1. The van der Waals surface area contributed by atoms with Crippen molar-refractivity contribution >= 4 is 38.2 Å². The second-order valence-corrected chi connectivity index (χ2v) is 5.09. The highest BCUT2D eigenvalue weighted by Crippen LogP contribution is 2.21. The van der Waals surface area contributed by atoms with Crippen LogP contribution in [0, 0.1) is 0 Å². The van der Waals surface area contributed by atoms with Gasteiger partial charge in [-0.1, -0.05) is 11.3 Å². The lowest BCUT2D eigenvalue weighted by molar-refractivity contribution is -0.129. The van der Waals surface area contributed by atoms with Crippen molar-refractivity contribution in [3.8, 4) is 0 Å². The van der Waals surface area contributed by atoms with Crippen molar-refractivity contribution in [2.45, 2.75) is 11.3 Å². The Morgan fingerprint density at radius 1 is 1.53 bits per heavy atom. The molecule has 3 N–H and O–H groups in total. The molecule has 0 saturated carbocycles. The molecular weight excluding hydrogens is 244 g/mol. The Balaban J connectivity index is 3.06. The van der Waals surface area contributed by atoms with Gasteiger partial charge in [0.15, 0.2) is 0 Å². The summed E-state index contributed by atoms with van der Waals surface area (Å²) in [6.07, 6.45) is 0. The average molecular weight is 250 g/mol. The van der Waals surface area contributed by atoms with E-state index in [9.17, 15) is 13.2 Å². The quantitative estimate of drug-likeness (QED) is 0.685. The third-order valence-corrected chi connectivity index (χ3v) is 3.34. The molecule has 0 aromatic carbocycles. The topological polar surface area (TPSA) is 136 Å². The number of carbonyl (C=O) groups is 1. The van der Waals surface area contributed by atoms with Gasteiger partial charge in [-0.3, -0.25) is 0 Å².